The molecule has 0 spiro atoms. The Morgan fingerprint density at radius 1 is 1.00 bits per heavy atom. The summed E-state index contributed by atoms with van der Waals surface area (Å²) in [6.07, 6.45) is 0. The van der Waals surface area contributed by atoms with E-state index in [1.807, 2.05) is 0 Å². The molecule has 3 rings (SSSR count). The molecule has 0 aliphatic rings. The molecule has 0 fully saturated rings. The first kappa shape index (κ1) is 22.8. The van der Waals surface area contributed by atoms with E-state index in [4.69, 9.17) is 25.3 Å². The van der Waals surface area contributed by atoms with Crippen LogP contribution in [0, 0.1) is 0 Å². The maximum Gasteiger partial charge on any atom is 0.411 e. The zero-order chi connectivity index (χ0) is 23.1. The summed E-state index contributed by atoms with van der Waals surface area (Å²) < 4.78 is 41.1. The summed E-state index contributed by atoms with van der Waals surface area (Å²) in [5.41, 5.74) is -0.176. The molecule has 0 bridgehead atoms. The normalized spacial score (nSPS) is 10.7. The second-order valence-corrected chi connectivity index (χ2v) is 7.52. The number of nitrogens with one attached hydrogen (secondary N) is 2. The summed E-state index contributed by atoms with van der Waals surface area (Å²) in [6, 6.07) is 13.7. The van der Waals surface area contributed by atoms with Crippen LogP contribution in [-0.2, 0) is 10.3 Å². The Morgan fingerprint density at radius 3 is 2.41 bits per heavy atom. The van der Waals surface area contributed by atoms with Gasteiger partial charge in [0.15, 0.2) is 5.75 Å². The Labute approximate surface area is 187 Å². The predicted octanol–water partition coefficient (Wildman–Crippen LogP) is 2.80. The lowest BCUT2D eigenvalue weighted by molar-refractivity contribution is 0.0733. The van der Waals surface area contributed by atoms with Gasteiger partial charge >= 0.3 is 22.3 Å². The van der Waals surface area contributed by atoms with Crippen molar-refractivity contribution in [1.82, 2.24) is 14.7 Å². The van der Waals surface area contributed by atoms with E-state index in [1.54, 1.807) is 35.1 Å². The summed E-state index contributed by atoms with van der Waals surface area (Å²) in [4.78, 5) is 32.0. The smallest absolute Gasteiger partial charge is 0.411 e. The van der Waals surface area contributed by atoms with Crippen LogP contribution in [0.3, 0.4) is 0 Å². The van der Waals surface area contributed by atoms with Gasteiger partial charge in [-0.2, -0.15) is 13.4 Å². The second-order valence-electron chi connectivity index (χ2n) is 5.85. The van der Waals surface area contributed by atoms with E-state index in [2.05, 4.69) is 15.3 Å². The number of hydrogen-bond donors (Lipinski definition) is 2. The number of halogens is 1. The largest absolute Gasteiger partial charge is 0.481 e. The SMILES string of the molecule is COc1cc(Cl)nc(NC(=O)NS(=O)(=O)Oc2ccccc2C(=O)Oc2ccccc2)n1. The van der Waals surface area contributed by atoms with Gasteiger partial charge in [0.2, 0.25) is 11.8 Å². The number of hydrogen-bond acceptors (Lipinski definition) is 9. The minimum Gasteiger partial charge on any atom is -0.481 e. The number of nitrogens with zero attached hydrogens (tertiary/aromatic N) is 2. The molecule has 0 saturated heterocycles. The maximum absolute atomic E-state index is 12.4. The molecule has 32 heavy (non-hydrogen) atoms. The molecule has 11 nitrogen and oxygen atoms in total. The van der Waals surface area contributed by atoms with Crippen molar-refractivity contribution in [2.45, 2.75) is 0 Å². The standard InChI is InChI=1S/C19H15ClN4O7S/c1-29-16-11-15(20)21-18(22-16)23-19(26)24-32(27,28)31-14-10-6-5-9-13(14)17(25)30-12-7-3-2-4-8-12/h2-11H,1H3,(H2,21,22,23,24,26). The lowest BCUT2D eigenvalue weighted by Crippen LogP contribution is -2.37. The van der Waals surface area contributed by atoms with Gasteiger partial charge in [0.05, 0.1) is 7.11 Å². The first-order valence-electron chi connectivity index (χ1n) is 8.74. The number of esters is 1. The third kappa shape index (κ3) is 6.30. The maximum atomic E-state index is 12.4. The van der Waals surface area contributed by atoms with Gasteiger partial charge in [-0.15, -0.1) is 0 Å². The number of para-hydroxylation sites is 2. The van der Waals surface area contributed by atoms with Gasteiger partial charge < -0.3 is 13.7 Å². The molecule has 166 valence electrons. The van der Waals surface area contributed by atoms with Crippen molar-refractivity contribution in [3.8, 4) is 17.4 Å². The number of aromatic nitrogens is 2. The lowest BCUT2D eigenvalue weighted by Gasteiger charge is -2.12. The fourth-order valence-electron chi connectivity index (χ4n) is 2.30. The highest BCUT2D eigenvalue weighted by Gasteiger charge is 2.22. The zero-order valence-electron chi connectivity index (χ0n) is 16.3. The number of amides is 2. The number of urea groups is 1. The summed E-state index contributed by atoms with van der Waals surface area (Å²) in [5.74, 6) is -1.22. The van der Waals surface area contributed by atoms with E-state index < -0.39 is 22.3 Å². The van der Waals surface area contributed by atoms with Crippen molar-refractivity contribution in [1.29, 1.82) is 0 Å². The first-order valence-corrected chi connectivity index (χ1v) is 10.5. The summed E-state index contributed by atoms with van der Waals surface area (Å²) in [5, 5.41) is 2.04. The van der Waals surface area contributed by atoms with Crippen LogP contribution < -0.4 is 23.7 Å². The van der Waals surface area contributed by atoms with Crippen LogP contribution in [0.15, 0.2) is 60.7 Å². The Bertz CT molecular complexity index is 1240. The van der Waals surface area contributed by atoms with Gasteiger partial charge in [-0.25, -0.2) is 19.3 Å². The average Bonchev–Trinajstić information content (AvgIpc) is 2.73. The number of carbonyl (C=O) groups excluding carboxylic acids is 2. The molecule has 3 aromatic rings. The predicted molar refractivity (Wildman–Crippen MR) is 113 cm³/mol. The van der Waals surface area contributed by atoms with E-state index in [0.29, 0.717) is 0 Å². The van der Waals surface area contributed by atoms with Crippen molar-refractivity contribution in [3.63, 3.8) is 0 Å². The number of methoxy groups -OCH3 is 1. The Morgan fingerprint density at radius 2 is 1.69 bits per heavy atom. The minimum atomic E-state index is -4.70. The highest BCUT2D eigenvalue weighted by molar-refractivity contribution is 7.85. The van der Waals surface area contributed by atoms with Crippen LogP contribution in [0.5, 0.6) is 17.4 Å². The van der Waals surface area contributed by atoms with Crippen molar-refractivity contribution in [3.05, 3.63) is 71.4 Å². The number of rotatable bonds is 7. The molecule has 0 atom stereocenters. The topological polar surface area (TPSA) is 146 Å². The second kappa shape index (κ2) is 9.94. The van der Waals surface area contributed by atoms with Crippen molar-refractivity contribution >= 4 is 39.9 Å². The van der Waals surface area contributed by atoms with E-state index >= 15 is 0 Å². The molecular weight excluding hydrogens is 464 g/mol. The van der Waals surface area contributed by atoms with E-state index in [-0.39, 0.29) is 34.0 Å². The van der Waals surface area contributed by atoms with E-state index in [9.17, 15) is 18.0 Å². The first-order chi connectivity index (χ1) is 15.3. The van der Waals surface area contributed by atoms with Gasteiger partial charge in [-0.3, -0.25) is 5.32 Å². The summed E-state index contributed by atoms with van der Waals surface area (Å²) in [7, 11) is -3.38. The van der Waals surface area contributed by atoms with Gasteiger partial charge in [0, 0.05) is 6.07 Å². The molecule has 0 aliphatic carbocycles. The van der Waals surface area contributed by atoms with Crippen LogP contribution in [0.4, 0.5) is 10.7 Å². The minimum absolute atomic E-state index is 0.0443. The molecule has 1 heterocycles. The quantitative estimate of drug-likeness (QED) is 0.297. The molecule has 2 aromatic carbocycles. The number of anilines is 1. The number of benzene rings is 2. The number of ether oxygens (including phenoxy) is 2. The van der Waals surface area contributed by atoms with Gasteiger partial charge in [0.1, 0.15) is 16.5 Å². The fourth-order valence-corrected chi connectivity index (χ4v) is 3.17. The molecular formula is C19H15ClN4O7S. The molecule has 0 aliphatic heterocycles. The molecule has 2 amide bonds. The average molecular weight is 479 g/mol. The summed E-state index contributed by atoms with van der Waals surface area (Å²) >= 11 is 5.77. The van der Waals surface area contributed by atoms with Crippen LogP contribution in [0.1, 0.15) is 10.4 Å². The molecule has 13 heteroatoms. The van der Waals surface area contributed by atoms with Gasteiger partial charge in [-0.1, -0.05) is 41.9 Å². The third-order valence-corrected chi connectivity index (χ3v) is 4.61. The molecule has 0 radical (unpaired) electrons. The Balaban J connectivity index is 1.70. The van der Waals surface area contributed by atoms with Crippen LogP contribution in [0.25, 0.3) is 0 Å². The number of carbonyl (C=O) groups is 2. The van der Waals surface area contributed by atoms with E-state index in [0.717, 1.165) is 0 Å². The van der Waals surface area contributed by atoms with Crippen LogP contribution >= 0.6 is 11.6 Å². The van der Waals surface area contributed by atoms with Gasteiger partial charge in [0.25, 0.3) is 0 Å². The Hall–Kier alpha value is -3.90. The monoisotopic (exact) mass is 478 g/mol. The molecule has 0 unspecified atom stereocenters. The van der Waals surface area contributed by atoms with Crippen LogP contribution in [0.2, 0.25) is 5.15 Å². The zero-order valence-corrected chi connectivity index (χ0v) is 17.9. The summed E-state index contributed by atoms with van der Waals surface area (Å²) in [6.45, 7) is 0. The Kier molecular flexibility index (Phi) is 7.07. The van der Waals surface area contributed by atoms with Crippen molar-refractivity contribution in [2.75, 3.05) is 12.4 Å². The molecule has 0 saturated carbocycles. The van der Waals surface area contributed by atoms with E-state index in [1.165, 1.54) is 37.4 Å². The fraction of sp³-hybridized carbons (Fsp3) is 0.0526. The van der Waals surface area contributed by atoms with Gasteiger partial charge in [-0.05, 0) is 24.3 Å². The highest BCUT2D eigenvalue weighted by atomic mass is 35.5. The van der Waals surface area contributed by atoms with Crippen molar-refractivity contribution in [2.24, 2.45) is 0 Å². The van der Waals surface area contributed by atoms with Crippen LogP contribution in [-0.4, -0.2) is 37.5 Å². The third-order valence-electron chi connectivity index (χ3n) is 3.58. The highest BCUT2D eigenvalue weighted by Crippen LogP contribution is 2.22. The molecule has 2 N–H and O–H groups in total. The lowest BCUT2D eigenvalue weighted by atomic mass is 10.2. The van der Waals surface area contributed by atoms with Crippen molar-refractivity contribution < 1.29 is 31.7 Å². The molecule has 1 aromatic heterocycles.